The van der Waals surface area contributed by atoms with E-state index in [2.05, 4.69) is 12.1 Å². The van der Waals surface area contributed by atoms with E-state index in [0.29, 0.717) is 13.2 Å². The maximum atomic E-state index is 13.0. The Hall–Kier alpha value is -2.04. The lowest BCUT2D eigenvalue weighted by Gasteiger charge is -2.37. The number of nitrogens with zero attached hydrogens (tertiary/aromatic N) is 1. The van der Waals surface area contributed by atoms with Gasteiger partial charge in [-0.25, -0.2) is 0 Å². The highest BCUT2D eigenvalue weighted by molar-refractivity contribution is 5.87. The van der Waals surface area contributed by atoms with Crippen LogP contribution in [0.25, 0.3) is 0 Å². The molecule has 0 aromatic heterocycles. The van der Waals surface area contributed by atoms with Crippen molar-refractivity contribution in [3.05, 3.63) is 29.3 Å². The van der Waals surface area contributed by atoms with Gasteiger partial charge in [-0.3, -0.25) is 9.59 Å². The topological polar surface area (TPSA) is 55.8 Å². The van der Waals surface area contributed by atoms with Gasteiger partial charge in [0.25, 0.3) is 0 Å². The molecule has 0 bridgehead atoms. The van der Waals surface area contributed by atoms with Crippen molar-refractivity contribution in [2.24, 2.45) is 5.92 Å². The van der Waals surface area contributed by atoms with E-state index in [1.54, 1.807) is 4.90 Å². The van der Waals surface area contributed by atoms with Gasteiger partial charge >= 0.3 is 5.97 Å². The molecule has 1 amide bonds. The van der Waals surface area contributed by atoms with Crippen LogP contribution in [0, 0.1) is 19.8 Å². The molecule has 1 unspecified atom stereocenters. The summed E-state index contributed by atoms with van der Waals surface area (Å²) in [5, 5.41) is 0. The van der Waals surface area contributed by atoms with Crippen molar-refractivity contribution in [2.75, 3.05) is 20.2 Å². The fourth-order valence-electron chi connectivity index (χ4n) is 4.33. The quantitative estimate of drug-likeness (QED) is 0.562. The monoisotopic (exact) mass is 373 g/mol. The summed E-state index contributed by atoms with van der Waals surface area (Å²) < 4.78 is 11.6. The summed E-state index contributed by atoms with van der Waals surface area (Å²) in [6.45, 7) is 5.26. The van der Waals surface area contributed by atoms with Crippen molar-refractivity contribution in [3.8, 4) is 5.75 Å². The average molecular weight is 373 g/mol. The average Bonchev–Trinajstić information content (AvgIpc) is 2.96. The number of carbonyl (C=O) groups excluding carboxylic acids is 2. The Morgan fingerprint density at radius 3 is 2.74 bits per heavy atom. The van der Waals surface area contributed by atoms with E-state index in [-0.39, 0.29) is 24.2 Å². The molecule has 1 aliphatic heterocycles. The van der Waals surface area contributed by atoms with Gasteiger partial charge in [0, 0.05) is 13.6 Å². The molecule has 2 aliphatic rings. The molecule has 5 heteroatoms. The van der Waals surface area contributed by atoms with Gasteiger partial charge in [0.05, 0.1) is 18.9 Å². The molecule has 1 atom stereocenters. The highest BCUT2D eigenvalue weighted by Gasteiger charge is 2.53. The Bertz CT molecular complexity index is 694. The molecule has 0 radical (unpaired) electrons. The first-order valence-corrected chi connectivity index (χ1v) is 10.1. The standard InChI is InChI=1S/C22H31NO4/c1-16-8-9-17(2)19(14-16)26-13-7-12-23(3)21(25)18-15-20(24)27-22(18)10-5-4-6-11-22/h8-9,14,18H,4-7,10-13,15H2,1-3H3. The van der Waals surface area contributed by atoms with Crippen LogP contribution in [0.2, 0.25) is 0 Å². The molecular formula is C22H31NO4. The van der Waals surface area contributed by atoms with E-state index in [4.69, 9.17) is 9.47 Å². The largest absolute Gasteiger partial charge is 0.493 e. The molecule has 0 N–H and O–H groups in total. The third-order valence-corrected chi connectivity index (χ3v) is 5.94. The van der Waals surface area contributed by atoms with Crippen LogP contribution in [-0.2, 0) is 14.3 Å². The number of benzene rings is 1. The predicted octanol–water partition coefficient (Wildman–Crippen LogP) is 3.80. The number of hydrogen-bond acceptors (Lipinski definition) is 4. The van der Waals surface area contributed by atoms with Crippen molar-refractivity contribution in [3.63, 3.8) is 0 Å². The van der Waals surface area contributed by atoms with E-state index in [0.717, 1.165) is 49.8 Å². The minimum atomic E-state index is -0.546. The molecule has 1 heterocycles. The Morgan fingerprint density at radius 1 is 1.26 bits per heavy atom. The van der Waals surface area contributed by atoms with E-state index in [9.17, 15) is 9.59 Å². The highest BCUT2D eigenvalue weighted by atomic mass is 16.6. The molecule has 148 valence electrons. The predicted molar refractivity (Wildman–Crippen MR) is 104 cm³/mol. The molecule has 1 saturated carbocycles. The van der Waals surface area contributed by atoms with Crippen molar-refractivity contribution in [2.45, 2.75) is 64.4 Å². The fourth-order valence-corrected chi connectivity index (χ4v) is 4.33. The van der Waals surface area contributed by atoms with Gasteiger partial charge in [-0.05, 0) is 63.1 Å². The summed E-state index contributed by atoms with van der Waals surface area (Å²) in [4.78, 5) is 26.6. The van der Waals surface area contributed by atoms with E-state index in [1.165, 1.54) is 5.56 Å². The molecule has 5 nitrogen and oxygen atoms in total. The lowest BCUT2D eigenvalue weighted by Crippen LogP contribution is -2.46. The fraction of sp³-hybridized carbons (Fsp3) is 0.636. The summed E-state index contributed by atoms with van der Waals surface area (Å²) in [5.41, 5.74) is 1.74. The van der Waals surface area contributed by atoms with Crippen molar-refractivity contribution >= 4 is 11.9 Å². The maximum absolute atomic E-state index is 13.0. The molecule has 3 rings (SSSR count). The number of ether oxygens (including phenoxy) is 2. The zero-order valence-electron chi connectivity index (χ0n) is 16.8. The summed E-state index contributed by atoms with van der Waals surface area (Å²) in [6, 6.07) is 6.17. The molecule has 1 spiro atoms. The van der Waals surface area contributed by atoms with Gasteiger partial charge in [-0.1, -0.05) is 18.6 Å². The van der Waals surface area contributed by atoms with Crippen LogP contribution in [0.4, 0.5) is 0 Å². The van der Waals surface area contributed by atoms with Crippen LogP contribution >= 0.6 is 0 Å². The van der Waals surface area contributed by atoms with Crippen LogP contribution < -0.4 is 4.74 Å². The van der Waals surface area contributed by atoms with Crippen molar-refractivity contribution < 1.29 is 19.1 Å². The number of aryl methyl sites for hydroxylation is 2. The Kier molecular flexibility index (Phi) is 6.08. The summed E-state index contributed by atoms with van der Waals surface area (Å²) in [5.74, 6) is 0.395. The van der Waals surface area contributed by atoms with Gasteiger partial charge < -0.3 is 14.4 Å². The molecular weight excluding hydrogens is 342 g/mol. The van der Waals surface area contributed by atoms with Crippen LogP contribution in [0.3, 0.4) is 0 Å². The molecule has 27 heavy (non-hydrogen) atoms. The lowest BCUT2D eigenvalue weighted by atomic mass is 9.75. The lowest BCUT2D eigenvalue weighted by molar-refractivity contribution is -0.155. The smallest absolute Gasteiger partial charge is 0.307 e. The Labute approximate surface area is 162 Å². The highest BCUT2D eigenvalue weighted by Crippen LogP contribution is 2.44. The first-order chi connectivity index (χ1) is 12.9. The summed E-state index contributed by atoms with van der Waals surface area (Å²) >= 11 is 0. The van der Waals surface area contributed by atoms with Crippen LogP contribution in [0.15, 0.2) is 18.2 Å². The van der Waals surface area contributed by atoms with Crippen LogP contribution in [0.1, 0.15) is 56.1 Å². The Balaban J connectivity index is 1.51. The molecule has 1 aliphatic carbocycles. The zero-order valence-corrected chi connectivity index (χ0v) is 16.8. The maximum Gasteiger partial charge on any atom is 0.307 e. The van der Waals surface area contributed by atoms with E-state index < -0.39 is 5.60 Å². The second kappa shape index (κ2) is 8.32. The molecule has 1 aromatic rings. The van der Waals surface area contributed by atoms with Gasteiger partial charge in [0.1, 0.15) is 11.4 Å². The second-order valence-electron chi connectivity index (χ2n) is 8.09. The van der Waals surface area contributed by atoms with Crippen molar-refractivity contribution in [1.82, 2.24) is 4.90 Å². The molecule has 1 saturated heterocycles. The van der Waals surface area contributed by atoms with E-state index in [1.807, 2.05) is 27.0 Å². The molecule has 2 fully saturated rings. The van der Waals surface area contributed by atoms with Gasteiger partial charge in [0.15, 0.2) is 0 Å². The first kappa shape index (κ1) is 19.7. The number of amides is 1. The summed E-state index contributed by atoms with van der Waals surface area (Å²) in [7, 11) is 1.82. The minimum Gasteiger partial charge on any atom is -0.493 e. The van der Waals surface area contributed by atoms with E-state index >= 15 is 0 Å². The molecule has 1 aromatic carbocycles. The number of carbonyl (C=O) groups is 2. The Morgan fingerprint density at radius 2 is 2.00 bits per heavy atom. The minimum absolute atomic E-state index is 0.0366. The number of esters is 1. The van der Waals surface area contributed by atoms with Crippen LogP contribution in [-0.4, -0.2) is 42.6 Å². The third kappa shape index (κ3) is 4.45. The van der Waals surface area contributed by atoms with Crippen molar-refractivity contribution in [1.29, 1.82) is 0 Å². The summed E-state index contributed by atoms with van der Waals surface area (Å²) in [6.07, 6.45) is 5.84. The number of rotatable bonds is 6. The number of hydrogen-bond donors (Lipinski definition) is 0. The second-order valence-corrected chi connectivity index (χ2v) is 8.09. The normalized spacial score (nSPS) is 21.1. The van der Waals surface area contributed by atoms with Gasteiger partial charge in [0.2, 0.25) is 5.91 Å². The SMILES string of the molecule is Cc1ccc(C)c(OCCCN(C)C(=O)C2CC(=O)OC23CCCCC3)c1. The zero-order chi connectivity index (χ0) is 19.4. The van der Waals surface area contributed by atoms with Gasteiger partial charge in [-0.15, -0.1) is 0 Å². The first-order valence-electron chi connectivity index (χ1n) is 10.1. The van der Waals surface area contributed by atoms with Gasteiger partial charge in [-0.2, -0.15) is 0 Å². The van der Waals surface area contributed by atoms with Crippen LogP contribution in [0.5, 0.6) is 5.75 Å². The third-order valence-electron chi connectivity index (χ3n) is 5.94.